The molecule has 3 fully saturated rings. The largest absolute Gasteiger partial charge is 0.295 e. The third kappa shape index (κ3) is 3.31. The van der Waals surface area contributed by atoms with E-state index in [1.54, 1.807) is 40.7 Å². The Balaban J connectivity index is 1.34. The summed E-state index contributed by atoms with van der Waals surface area (Å²) in [6.45, 7) is 2.39. The highest BCUT2D eigenvalue weighted by Crippen LogP contribution is 2.41. The molecule has 3 aliphatic rings. The van der Waals surface area contributed by atoms with Crippen molar-refractivity contribution >= 4 is 23.2 Å². The van der Waals surface area contributed by atoms with Gasteiger partial charge < -0.3 is 0 Å². The van der Waals surface area contributed by atoms with Crippen LogP contribution in [0.15, 0.2) is 29.8 Å². The van der Waals surface area contributed by atoms with Gasteiger partial charge in [-0.1, -0.05) is 6.07 Å². The fourth-order valence-electron chi connectivity index (χ4n) is 4.34. The van der Waals surface area contributed by atoms with Crippen molar-refractivity contribution in [1.29, 1.82) is 0 Å². The third-order valence-electron chi connectivity index (χ3n) is 5.80. The molecule has 2 aromatic heterocycles. The van der Waals surface area contributed by atoms with Gasteiger partial charge in [0, 0.05) is 30.6 Å². The number of carbonyl (C=O) groups excluding carboxylic acids is 2. The van der Waals surface area contributed by atoms with Crippen molar-refractivity contribution < 1.29 is 9.59 Å². The number of piperidine rings is 1. The smallest absolute Gasteiger partial charge is 0.291 e. The zero-order chi connectivity index (χ0) is 19.1. The van der Waals surface area contributed by atoms with Crippen LogP contribution in [0.25, 0.3) is 0 Å². The van der Waals surface area contributed by atoms with Crippen molar-refractivity contribution in [1.82, 2.24) is 25.3 Å². The number of rotatable bonds is 4. The summed E-state index contributed by atoms with van der Waals surface area (Å²) in [5.41, 5.74) is 3.73. The number of hydrogen-bond acceptors (Lipinski definition) is 6. The van der Waals surface area contributed by atoms with Crippen molar-refractivity contribution in [2.24, 2.45) is 0 Å². The lowest BCUT2D eigenvalue weighted by Gasteiger charge is -2.44. The van der Waals surface area contributed by atoms with Gasteiger partial charge in [0.2, 0.25) is 5.91 Å². The Labute approximate surface area is 167 Å². The minimum Gasteiger partial charge on any atom is -0.295 e. The Bertz CT molecular complexity index is 897. The number of hydrogen-bond donors (Lipinski definition) is 1. The van der Waals surface area contributed by atoms with Crippen molar-refractivity contribution in [3.63, 3.8) is 0 Å². The number of carbonyl (C=O) groups is 2. The lowest BCUT2D eigenvalue weighted by Crippen LogP contribution is -2.59. The SMILES string of the molecule is O=C1CC2(CCCN(Cc3csc(C4CC4)n3)C2)N(C(=O)c2ccccn2)N1. The zero-order valence-corrected chi connectivity index (χ0v) is 16.5. The van der Waals surface area contributed by atoms with Gasteiger partial charge in [0.1, 0.15) is 5.69 Å². The standard InChI is InChI=1S/C20H23N5O2S/c26-17-10-20(25(23-17)19(27)16-4-1-2-8-21-16)7-3-9-24(13-20)11-15-12-28-18(22-15)14-5-6-14/h1-2,4,8,12,14H,3,5-7,9-11,13H2,(H,23,26). The molecule has 1 unspecified atom stereocenters. The molecule has 2 aliphatic heterocycles. The first kappa shape index (κ1) is 17.8. The summed E-state index contributed by atoms with van der Waals surface area (Å²) in [7, 11) is 0. The molecule has 146 valence electrons. The number of pyridine rings is 1. The fourth-order valence-corrected chi connectivity index (χ4v) is 5.32. The molecule has 1 atom stereocenters. The first-order chi connectivity index (χ1) is 13.6. The summed E-state index contributed by atoms with van der Waals surface area (Å²) in [5, 5.41) is 4.95. The lowest BCUT2D eigenvalue weighted by atomic mass is 9.86. The zero-order valence-electron chi connectivity index (χ0n) is 15.6. The first-order valence-corrected chi connectivity index (χ1v) is 10.7. The van der Waals surface area contributed by atoms with Crippen LogP contribution >= 0.6 is 11.3 Å². The number of nitrogens with one attached hydrogen (secondary N) is 1. The summed E-state index contributed by atoms with van der Waals surface area (Å²) >= 11 is 1.76. The van der Waals surface area contributed by atoms with Gasteiger partial charge in [-0.3, -0.25) is 24.9 Å². The minimum atomic E-state index is -0.515. The van der Waals surface area contributed by atoms with Gasteiger partial charge >= 0.3 is 0 Å². The van der Waals surface area contributed by atoms with E-state index in [2.05, 4.69) is 20.7 Å². The molecule has 1 saturated carbocycles. The number of amides is 2. The predicted octanol–water partition coefficient (Wildman–Crippen LogP) is 2.33. The highest BCUT2D eigenvalue weighted by Gasteiger charge is 2.50. The van der Waals surface area contributed by atoms with Crippen LogP contribution in [0.1, 0.15) is 59.2 Å². The van der Waals surface area contributed by atoms with E-state index in [1.807, 2.05) is 0 Å². The van der Waals surface area contributed by atoms with Gasteiger partial charge in [0.25, 0.3) is 5.91 Å². The van der Waals surface area contributed by atoms with Crippen LogP contribution in [-0.2, 0) is 11.3 Å². The maximum atomic E-state index is 13.0. The van der Waals surface area contributed by atoms with Crippen LogP contribution in [0.5, 0.6) is 0 Å². The van der Waals surface area contributed by atoms with E-state index in [4.69, 9.17) is 4.98 Å². The second-order valence-electron chi connectivity index (χ2n) is 8.06. The molecule has 1 spiro atoms. The van der Waals surface area contributed by atoms with Gasteiger partial charge in [0.15, 0.2) is 0 Å². The van der Waals surface area contributed by atoms with Crippen LogP contribution in [0.2, 0.25) is 0 Å². The monoisotopic (exact) mass is 397 g/mol. The van der Waals surface area contributed by atoms with Crippen molar-refractivity contribution in [2.45, 2.75) is 50.1 Å². The van der Waals surface area contributed by atoms with E-state index in [0.29, 0.717) is 24.6 Å². The van der Waals surface area contributed by atoms with Crippen LogP contribution in [0.4, 0.5) is 0 Å². The normalized spacial score (nSPS) is 25.3. The maximum absolute atomic E-state index is 13.0. The predicted molar refractivity (Wildman–Crippen MR) is 104 cm³/mol. The number of thiazole rings is 1. The van der Waals surface area contributed by atoms with Gasteiger partial charge in [-0.2, -0.15) is 0 Å². The van der Waals surface area contributed by atoms with Gasteiger partial charge in [0.05, 0.1) is 22.7 Å². The van der Waals surface area contributed by atoms with E-state index in [9.17, 15) is 9.59 Å². The van der Waals surface area contributed by atoms with Gasteiger partial charge in [-0.05, 0) is 44.4 Å². The molecule has 5 rings (SSSR count). The third-order valence-corrected chi connectivity index (χ3v) is 6.86. The summed E-state index contributed by atoms with van der Waals surface area (Å²) in [5.74, 6) is 0.336. The summed E-state index contributed by atoms with van der Waals surface area (Å²) in [4.78, 5) is 36.6. The van der Waals surface area contributed by atoms with Crippen LogP contribution in [-0.4, -0.2) is 50.3 Å². The molecule has 1 N–H and O–H groups in total. The van der Waals surface area contributed by atoms with Gasteiger partial charge in [-0.25, -0.2) is 9.99 Å². The second kappa shape index (κ2) is 6.93. The van der Waals surface area contributed by atoms with Crippen LogP contribution in [0, 0.1) is 0 Å². The van der Waals surface area contributed by atoms with Crippen molar-refractivity contribution in [3.8, 4) is 0 Å². The summed E-state index contributed by atoms with van der Waals surface area (Å²) in [6, 6.07) is 5.26. The van der Waals surface area contributed by atoms with Gasteiger partial charge in [-0.15, -0.1) is 11.3 Å². The van der Waals surface area contributed by atoms with E-state index in [0.717, 1.165) is 31.6 Å². The number of aromatic nitrogens is 2. The molecule has 7 nitrogen and oxygen atoms in total. The molecule has 28 heavy (non-hydrogen) atoms. The lowest BCUT2D eigenvalue weighted by molar-refractivity contribution is -0.120. The second-order valence-corrected chi connectivity index (χ2v) is 8.95. The number of hydrazine groups is 1. The quantitative estimate of drug-likeness (QED) is 0.857. The minimum absolute atomic E-state index is 0.101. The Kier molecular flexibility index (Phi) is 4.40. The molecule has 2 aromatic rings. The van der Waals surface area contributed by atoms with Crippen molar-refractivity contribution in [3.05, 3.63) is 46.2 Å². The Morgan fingerprint density at radius 1 is 1.36 bits per heavy atom. The summed E-state index contributed by atoms with van der Waals surface area (Å²) in [6.07, 6.45) is 6.22. The Hall–Kier alpha value is -2.32. The Morgan fingerprint density at radius 2 is 2.25 bits per heavy atom. The Morgan fingerprint density at radius 3 is 3.04 bits per heavy atom. The fraction of sp³-hybridized carbons (Fsp3) is 0.500. The summed E-state index contributed by atoms with van der Waals surface area (Å²) < 4.78 is 0. The van der Waals surface area contributed by atoms with E-state index < -0.39 is 5.54 Å². The topological polar surface area (TPSA) is 78.4 Å². The van der Waals surface area contributed by atoms with E-state index in [-0.39, 0.29) is 11.8 Å². The molecular formula is C20H23N5O2S. The molecule has 0 bridgehead atoms. The molecule has 8 heteroatoms. The molecule has 0 radical (unpaired) electrons. The average molecular weight is 398 g/mol. The maximum Gasteiger partial charge on any atom is 0.291 e. The number of nitrogens with zero attached hydrogens (tertiary/aromatic N) is 4. The molecule has 0 aromatic carbocycles. The van der Waals surface area contributed by atoms with Crippen molar-refractivity contribution in [2.75, 3.05) is 13.1 Å². The van der Waals surface area contributed by atoms with Crippen LogP contribution < -0.4 is 5.43 Å². The van der Waals surface area contributed by atoms with Crippen LogP contribution in [0.3, 0.4) is 0 Å². The van der Waals surface area contributed by atoms with E-state index in [1.165, 1.54) is 17.8 Å². The highest BCUT2D eigenvalue weighted by atomic mass is 32.1. The van der Waals surface area contributed by atoms with E-state index >= 15 is 0 Å². The molecule has 2 amide bonds. The molecule has 4 heterocycles. The molecular weight excluding hydrogens is 374 g/mol. The molecule has 2 saturated heterocycles. The average Bonchev–Trinajstić information content (AvgIpc) is 3.38. The first-order valence-electron chi connectivity index (χ1n) is 9.85. The molecule has 1 aliphatic carbocycles. The highest BCUT2D eigenvalue weighted by molar-refractivity contribution is 7.09. The number of likely N-dealkylation sites (tertiary alicyclic amines) is 1.